The summed E-state index contributed by atoms with van der Waals surface area (Å²) in [5.74, 6) is 0.0165. The number of nitrogens with zero attached hydrogens (tertiary/aromatic N) is 1. The van der Waals surface area contributed by atoms with Gasteiger partial charge in [-0.1, -0.05) is 0 Å². The number of carbonyl (C=O) groups is 1. The van der Waals surface area contributed by atoms with Crippen molar-refractivity contribution in [2.75, 3.05) is 45.5 Å². The summed E-state index contributed by atoms with van der Waals surface area (Å²) >= 11 is 1.68. The summed E-state index contributed by atoms with van der Waals surface area (Å²) < 4.78 is 0. The first-order valence-electron chi connectivity index (χ1n) is 6.65. The van der Waals surface area contributed by atoms with Crippen LogP contribution in [0.3, 0.4) is 0 Å². The summed E-state index contributed by atoms with van der Waals surface area (Å²) in [6.07, 6.45) is 2.03. The predicted octanol–water partition coefficient (Wildman–Crippen LogP) is 1.04. The van der Waals surface area contributed by atoms with Crippen molar-refractivity contribution >= 4 is 17.7 Å². The lowest BCUT2D eigenvalue weighted by Crippen LogP contribution is -2.46. The Morgan fingerprint density at radius 2 is 2.00 bits per heavy atom. The van der Waals surface area contributed by atoms with Crippen LogP contribution in [0.1, 0.15) is 10.4 Å². The molecule has 0 aromatic heterocycles. The second kappa shape index (κ2) is 7.53. The summed E-state index contributed by atoms with van der Waals surface area (Å²) in [5.41, 5.74) is 0.734. The molecular formula is C14H21N3OS. The van der Waals surface area contributed by atoms with E-state index in [-0.39, 0.29) is 5.91 Å². The molecule has 0 saturated carbocycles. The number of hydrogen-bond acceptors (Lipinski definition) is 4. The van der Waals surface area contributed by atoms with Crippen LogP contribution in [0.25, 0.3) is 0 Å². The summed E-state index contributed by atoms with van der Waals surface area (Å²) in [4.78, 5) is 15.5. The van der Waals surface area contributed by atoms with Crippen LogP contribution in [-0.4, -0.2) is 56.3 Å². The highest BCUT2D eigenvalue weighted by Gasteiger charge is 2.10. The highest BCUT2D eigenvalue weighted by atomic mass is 32.2. The van der Waals surface area contributed by atoms with Gasteiger partial charge in [0, 0.05) is 49.7 Å². The Kier molecular flexibility index (Phi) is 5.69. The molecule has 1 aliphatic heterocycles. The molecule has 0 radical (unpaired) electrons. The van der Waals surface area contributed by atoms with E-state index in [0.29, 0.717) is 6.54 Å². The molecule has 5 heteroatoms. The summed E-state index contributed by atoms with van der Waals surface area (Å²) in [5, 5.41) is 6.30. The van der Waals surface area contributed by atoms with Gasteiger partial charge >= 0.3 is 0 Å². The topological polar surface area (TPSA) is 44.4 Å². The van der Waals surface area contributed by atoms with Gasteiger partial charge in [-0.15, -0.1) is 11.8 Å². The molecule has 19 heavy (non-hydrogen) atoms. The van der Waals surface area contributed by atoms with Gasteiger partial charge in [-0.2, -0.15) is 0 Å². The average Bonchev–Trinajstić information content (AvgIpc) is 2.48. The van der Waals surface area contributed by atoms with Crippen LogP contribution in [0, 0.1) is 0 Å². The molecule has 1 aromatic carbocycles. The van der Waals surface area contributed by atoms with E-state index in [0.717, 1.165) is 38.3 Å². The second-order valence-electron chi connectivity index (χ2n) is 4.58. The molecule has 2 N–H and O–H groups in total. The number of benzene rings is 1. The van der Waals surface area contributed by atoms with E-state index < -0.39 is 0 Å². The van der Waals surface area contributed by atoms with Crippen molar-refractivity contribution in [2.45, 2.75) is 4.90 Å². The van der Waals surface area contributed by atoms with Crippen LogP contribution in [0.5, 0.6) is 0 Å². The Bertz CT molecular complexity index is 402. The highest BCUT2D eigenvalue weighted by Crippen LogP contribution is 2.14. The molecule has 1 heterocycles. The van der Waals surface area contributed by atoms with Crippen LogP contribution in [0.4, 0.5) is 0 Å². The lowest BCUT2D eigenvalue weighted by Gasteiger charge is -2.27. The predicted molar refractivity (Wildman–Crippen MR) is 79.9 cm³/mol. The number of carbonyl (C=O) groups excluding carboxylic acids is 1. The molecule has 0 aliphatic carbocycles. The Morgan fingerprint density at radius 3 is 2.63 bits per heavy atom. The van der Waals surface area contributed by atoms with Crippen LogP contribution in [0.2, 0.25) is 0 Å². The van der Waals surface area contributed by atoms with E-state index in [1.807, 2.05) is 30.5 Å². The number of hydrogen-bond donors (Lipinski definition) is 2. The molecule has 1 aromatic rings. The standard InChI is InChI=1S/C14H21N3OS/c1-19-13-4-2-12(3-5-13)14(18)16-8-11-17-9-6-15-7-10-17/h2-5,15H,6-11H2,1H3,(H,16,18). The smallest absolute Gasteiger partial charge is 0.251 e. The fourth-order valence-electron chi connectivity index (χ4n) is 2.11. The van der Waals surface area contributed by atoms with Gasteiger partial charge in [0.25, 0.3) is 5.91 Å². The van der Waals surface area contributed by atoms with Crippen LogP contribution >= 0.6 is 11.8 Å². The minimum Gasteiger partial charge on any atom is -0.351 e. The van der Waals surface area contributed by atoms with E-state index in [2.05, 4.69) is 15.5 Å². The molecule has 0 bridgehead atoms. The Balaban J connectivity index is 1.73. The normalized spacial score (nSPS) is 16.3. The number of rotatable bonds is 5. The zero-order chi connectivity index (χ0) is 13.5. The van der Waals surface area contributed by atoms with E-state index in [1.54, 1.807) is 11.8 Å². The van der Waals surface area contributed by atoms with Crippen LogP contribution in [-0.2, 0) is 0 Å². The van der Waals surface area contributed by atoms with E-state index in [4.69, 9.17) is 0 Å². The van der Waals surface area contributed by atoms with Crippen molar-refractivity contribution in [3.8, 4) is 0 Å². The molecule has 1 fully saturated rings. The van der Waals surface area contributed by atoms with Crippen LogP contribution < -0.4 is 10.6 Å². The van der Waals surface area contributed by atoms with Crippen molar-refractivity contribution in [1.82, 2.24) is 15.5 Å². The van der Waals surface area contributed by atoms with Gasteiger partial charge in [0.15, 0.2) is 0 Å². The maximum atomic E-state index is 11.9. The van der Waals surface area contributed by atoms with Crippen molar-refractivity contribution in [1.29, 1.82) is 0 Å². The maximum Gasteiger partial charge on any atom is 0.251 e. The number of thioether (sulfide) groups is 1. The summed E-state index contributed by atoms with van der Waals surface area (Å²) in [6, 6.07) is 7.73. The molecule has 104 valence electrons. The first-order valence-corrected chi connectivity index (χ1v) is 7.87. The number of amides is 1. The van der Waals surface area contributed by atoms with Gasteiger partial charge in [-0.05, 0) is 30.5 Å². The number of piperazine rings is 1. The molecule has 0 unspecified atom stereocenters. The third kappa shape index (κ3) is 4.53. The second-order valence-corrected chi connectivity index (χ2v) is 5.46. The molecule has 1 aliphatic rings. The van der Waals surface area contributed by atoms with Gasteiger partial charge in [-0.25, -0.2) is 0 Å². The van der Waals surface area contributed by atoms with Gasteiger partial charge in [0.1, 0.15) is 0 Å². The fourth-order valence-corrected chi connectivity index (χ4v) is 2.52. The zero-order valence-electron chi connectivity index (χ0n) is 11.3. The lowest BCUT2D eigenvalue weighted by molar-refractivity contribution is 0.0947. The maximum absolute atomic E-state index is 11.9. The third-order valence-electron chi connectivity index (χ3n) is 3.28. The lowest BCUT2D eigenvalue weighted by atomic mass is 10.2. The molecule has 2 rings (SSSR count). The van der Waals surface area contributed by atoms with Crippen molar-refractivity contribution < 1.29 is 4.79 Å². The SMILES string of the molecule is CSc1ccc(C(=O)NCCN2CCNCC2)cc1. The highest BCUT2D eigenvalue weighted by molar-refractivity contribution is 7.98. The fraction of sp³-hybridized carbons (Fsp3) is 0.500. The summed E-state index contributed by atoms with van der Waals surface area (Å²) in [7, 11) is 0. The first-order chi connectivity index (χ1) is 9.29. The molecule has 1 amide bonds. The largest absolute Gasteiger partial charge is 0.351 e. The Labute approximate surface area is 118 Å². The van der Waals surface area contributed by atoms with E-state index in [1.165, 1.54) is 4.90 Å². The number of nitrogens with one attached hydrogen (secondary N) is 2. The van der Waals surface area contributed by atoms with E-state index >= 15 is 0 Å². The monoisotopic (exact) mass is 279 g/mol. The van der Waals surface area contributed by atoms with Crippen molar-refractivity contribution in [2.24, 2.45) is 0 Å². The van der Waals surface area contributed by atoms with Gasteiger partial charge in [0.2, 0.25) is 0 Å². The molecular weight excluding hydrogens is 258 g/mol. The third-order valence-corrected chi connectivity index (χ3v) is 4.02. The zero-order valence-corrected chi connectivity index (χ0v) is 12.1. The minimum absolute atomic E-state index is 0.0165. The first kappa shape index (κ1) is 14.4. The van der Waals surface area contributed by atoms with Gasteiger partial charge in [-0.3, -0.25) is 9.69 Å². The quantitative estimate of drug-likeness (QED) is 0.791. The van der Waals surface area contributed by atoms with Crippen molar-refractivity contribution in [3.63, 3.8) is 0 Å². The molecule has 4 nitrogen and oxygen atoms in total. The molecule has 0 atom stereocenters. The van der Waals surface area contributed by atoms with Crippen molar-refractivity contribution in [3.05, 3.63) is 29.8 Å². The van der Waals surface area contributed by atoms with Gasteiger partial charge in [0.05, 0.1) is 0 Å². The Hall–Kier alpha value is -1.04. The average molecular weight is 279 g/mol. The van der Waals surface area contributed by atoms with E-state index in [9.17, 15) is 4.79 Å². The summed E-state index contributed by atoms with van der Waals surface area (Å²) in [6.45, 7) is 5.87. The minimum atomic E-state index is 0.0165. The van der Waals surface area contributed by atoms with Gasteiger partial charge < -0.3 is 10.6 Å². The van der Waals surface area contributed by atoms with Crippen LogP contribution in [0.15, 0.2) is 29.2 Å². The Morgan fingerprint density at radius 1 is 1.32 bits per heavy atom. The molecule has 0 spiro atoms. The molecule has 1 saturated heterocycles.